The molecule has 4 rings (SSSR count). The Morgan fingerprint density at radius 1 is 1.31 bits per heavy atom. The summed E-state index contributed by atoms with van der Waals surface area (Å²) >= 11 is 3.13. The number of hydrogen-bond acceptors (Lipinski definition) is 8. The van der Waals surface area contributed by atoms with Gasteiger partial charge in [0.2, 0.25) is 11.0 Å². The van der Waals surface area contributed by atoms with E-state index in [0.717, 1.165) is 58.2 Å². The van der Waals surface area contributed by atoms with Crippen LogP contribution >= 0.6 is 22.7 Å². The van der Waals surface area contributed by atoms with Crippen molar-refractivity contribution >= 4 is 39.5 Å². The zero-order valence-corrected chi connectivity index (χ0v) is 18.2. The highest BCUT2D eigenvalue weighted by atomic mass is 32.1. The Labute approximate surface area is 178 Å². The van der Waals surface area contributed by atoms with E-state index in [0.29, 0.717) is 13.0 Å². The van der Waals surface area contributed by atoms with Crippen molar-refractivity contribution in [3.05, 3.63) is 45.0 Å². The van der Waals surface area contributed by atoms with Gasteiger partial charge >= 0.3 is 0 Å². The minimum Gasteiger partial charge on any atom is -0.342 e. The molecule has 1 unspecified atom stereocenters. The summed E-state index contributed by atoms with van der Waals surface area (Å²) in [6.45, 7) is 5.54. The van der Waals surface area contributed by atoms with Gasteiger partial charge < -0.3 is 10.2 Å². The predicted molar refractivity (Wildman–Crippen MR) is 116 cm³/mol. The van der Waals surface area contributed by atoms with Crippen molar-refractivity contribution in [1.82, 2.24) is 25.1 Å². The molecule has 1 aliphatic heterocycles. The molecule has 0 radical (unpaired) electrons. The maximum atomic E-state index is 12.7. The van der Waals surface area contributed by atoms with E-state index >= 15 is 0 Å². The monoisotopic (exact) mass is 428 g/mol. The topological polar surface area (TPSA) is 83.9 Å². The number of hydrogen-bond donors (Lipinski definition) is 1. The number of likely N-dealkylation sites (tertiary alicyclic amines) is 1. The second kappa shape index (κ2) is 8.96. The highest BCUT2D eigenvalue weighted by Gasteiger charge is 2.26. The van der Waals surface area contributed by atoms with Crippen LogP contribution in [0.25, 0.3) is 0 Å². The van der Waals surface area contributed by atoms with E-state index in [-0.39, 0.29) is 11.8 Å². The van der Waals surface area contributed by atoms with Gasteiger partial charge in [0.25, 0.3) is 0 Å². The number of nitrogens with zero attached hydrogens (tertiary/aromatic N) is 5. The fourth-order valence-electron chi connectivity index (χ4n) is 3.51. The number of amides is 1. The van der Waals surface area contributed by atoms with Crippen molar-refractivity contribution in [2.45, 2.75) is 45.4 Å². The lowest BCUT2D eigenvalue weighted by Gasteiger charge is -2.32. The molecule has 9 heteroatoms. The molecule has 1 fully saturated rings. The Bertz CT molecular complexity index is 985. The van der Waals surface area contributed by atoms with Crippen LogP contribution < -0.4 is 5.32 Å². The molecule has 1 aliphatic rings. The second-order valence-electron chi connectivity index (χ2n) is 7.14. The highest BCUT2D eigenvalue weighted by molar-refractivity contribution is 7.15. The van der Waals surface area contributed by atoms with Gasteiger partial charge in [0.1, 0.15) is 10.8 Å². The maximum Gasteiger partial charge on any atom is 0.228 e. The lowest BCUT2D eigenvalue weighted by atomic mass is 9.94. The average Bonchev–Trinajstić information content (AvgIpc) is 3.36. The van der Waals surface area contributed by atoms with E-state index in [2.05, 4.69) is 27.4 Å². The third kappa shape index (κ3) is 4.97. The lowest BCUT2D eigenvalue weighted by Crippen LogP contribution is -2.40. The number of aromatic nitrogens is 4. The molecule has 1 atom stereocenters. The van der Waals surface area contributed by atoms with Gasteiger partial charge in [-0.25, -0.2) is 9.97 Å². The van der Waals surface area contributed by atoms with Crippen LogP contribution in [0.4, 0.5) is 10.9 Å². The number of aryl methyl sites for hydroxylation is 2. The van der Waals surface area contributed by atoms with Crippen LogP contribution in [0.1, 0.15) is 47.1 Å². The highest BCUT2D eigenvalue weighted by Crippen LogP contribution is 2.28. The molecule has 29 heavy (non-hydrogen) atoms. The van der Waals surface area contributed by atoms with Crippen LogP contribution in [-0.2, 0) is 17.6 Å². The van der Waals surface area contributed by atoms with E-state index in [4.69, 9.17) is 4.98 Å². The van der Waals surface area contributed by atoms with E-state index in [9.17, 15) is 4.79 Å². The zero-order chi connectivity index (χ0) is 20.2. The first-order valence-corrected chi connectivity index (χ1v) is 11.6. The van der Waals surface area contributed by atoms with Crippen molar-refractivity contribution in [2.24, 2.45) is 0 Å². The van der Waals surface area contributed by atoms with Crippen molar-refractivity contribution < 1.29 is 4.79 Å². The minimum atomic E-state index is 0.148. The number of carbonyl (C=O) groups excluding carboxylic acids is 1. The van der Waals surface area contributed by atoms with Gasteiger partial charge in [-0.15, -0.1) is 21.5 Å². The summed E-state index contributed by atoms with van der Waals surface area (Å²) < 4.78 is 0. The number of pyridine rings is 1. The molecule has 3 aromatic heterocycles. The number of anilines is 2. The quantitative estimate of drug-likeness (QED) is 0.640. The van der Waals surface area contributed by atoms with Gasteiger partial charge in [0, 0.05) is 30.1 Å². The van der Waals surface area contributed by atoms with Crippen molar-refractivity contribution in [3.63, 3.8) is 0 Å². The fraction of sp³-hybridized carbons (Fsp3) is 0.450. The van der Waals surface area contributed by atoms with Gasteiger partial charge in [-0.2, -0.15) is 0 Å². The Kier molecular flexibility index (Phi) is 6.15. The first-order chi connectivity index (χ1) is 14.1. The SMILES string of the molecule is CCc1nnc(Nc2cccc(C3CCCN(C(=O)Cc4csc(C)n4)C3)n2)s1. The van der Waals surface area contributed by atoms with Crippen LogP contribution in [0.5, 0.6) is 0 Å². The average molecular weight is 429 g/mol. The molecule has 152 valence electrons. The van der Waals surface area contributed by atoms with Gasteiger partial charge in [-0.3, -0.25) is 4.79 Å². The summed E-state index contributed by atoms with van der Waals surface area (Å²) in [5.74, 6) is 1.16. The number of carbonyl (C=O) groups is 1. The molecular formula is C20H24N6OS2. The number of thiazole rings is 1. The Hall–Kier alpha value is -2.39. The van der Waals surface area contributed by atoms with Gasteiger partial charge in [0.05, 0.1) is 17.1 Å². The summed E-state index contributed by atoms with van der Waals surface area (Å²) in [5, 5.41) is 16.3. The molecule has 7 nitrogen and oxygen atoms in total. The predicted octanol–water partition coefficient (Wildman–Crippen LogP) is 3.95. The van der Waals surface area contributed by atoms with Crippen molar-refractivity contribution in [3.8, 4) is 0 Å². The summed E-state index contributed by atoms with van der Waals surface area (Å²) in [7, 11) is 0. The van der Waals surface area contributed by atoms with Gasteiger partial charge in [-0.1, -0.05) is 24.3 Å². The van der Waals surface area contributed by atoms with E-state index < -0.39 is 0 Å². The summed E-state index contributed by atoms with van der Waals surface area (Å²) in [4.78, 5) is 23.9. The molecule has 1 amide bonds. The van der Waals surface area contributed by atoms with E-state index in [1.165, 1.54) is 0 Å². The third-order valence-electron chi connectivity index (χ3n) is 4.97. The molecular weight excluding hydrogens is 404 g/mol. The summed E-state index contributed by atoms with van der Waals surface area (Å²) in [6.07, 6.45) is 3.28. The Morgan fingerprint density at radius 3 is 2.97 bits per heavy atom. The number of piperidine rings is 1. The van der Waals surface area contributed by atoms with Gasteiger partial charge in [0.15, 0.2) is 0 Å². The zero-order valence-electron chi connectivity index (χ0n) is 16.6. The molecule has 0 saturated carbocycles. The molecule has 0 spiro atoms. The standard InChI is InChI=1S/C20H24N6OS2/c1-3-18-24-25-20(29-18)23-17-8-4-7-16(22-17)14-6-5-9-26(11-14)19(27)10-15-12-28-13(2)21-15/h4,7-8,12,14H,3,5-6,9-11H2,1-2H3,(H,22,23,25). The van der Waals surface area contributed by atoms with Crippen molar-refractivity contribution in [2.75, 3.05) is 18.4 Å². The normalized spacial score (nSPS) is 16.8. The molecule has 0 aliphatic carbocycles. The van der Waals surface area contributed by atoms with Crippen LogP contribution in [0.3, 0.4) is 0 Å². The number of rotatable bonds is 6. The van der Waals surface area contributed by atoms with E-state index in [1.54, 1.807) is 22.7 Å². The lowest BCUT2D eigenvalue weighted by molar-refractivity contribution is -0.131. The Balaban J connectivity index is 1.41. The minimum absolute atomic E-state index is 0.148. The first kappa shape index (κ1) is 19.9. The van der Waals surface area contributed by atoms with Gasteiger partial charge in [-0.05, 0) is 38.3 Å². The molecule has 0 bridgehead atoms. The van der Waals surface area contributed by atoms with Crippen molar-refractivity contribution in [1.29, 1.82) is 0 Å². The van der Waals surface area contributed by atoms with Crippen LogP contribution in [0.15, 0.2) is 23.6 Å². The first-order valence-electron chi connectivity index (χ1n) is 9.86. The molecule has 3 aromatic rings. The summed E-state index contributed by atoms with van der Waals surface area (Å²) in [5.41, 5.74) is 1.88. The maximum absolute atomic E-state index is 12.7. The second-order valence-corrected chi connectivity index (χ2v) is 9.27. The molecule has 1 N–H and O–H groups in total. The van der Waals surface area contributed by atoms with E-state index in [1.807, 2.05) is 35.4 Å². The molecule has 0 aromatic carbocycles. The van der Waals surface area contributed by atoms with Crippen LogP contribution in [0.2, 0.25) is 0 Å². The third-order valence-corrected chi connectivity index (χ3v) is 6.77. The smallest absolute Gasteiger partial charge is 0.228 e. The summed E-state index contributed by atoms with van der Waals surface area (Å²) in [6, 6.07) is 5.99. The number of nitrogens with one attached hydrogen (secondary N) is 1. The molecule has 4 heterocycles. The van der Waals surface area contributed by atoms with Crippen LogP contribution in [-0.4, -0.2) is 44.1 Å². The van der Waals surface area contributed by atoms with Crippen LogP contribution in [0, 0.1) is 6.92 Å². The Morgan fingerprint density at radius 2 is 2.21 bits per heavy atom. The molecule has 1 saturated heterocycles. The fourth-order valence-corrected chi connectivity index (χ4v) is 4.81. The largest absolute Gasteiger partial charge is 0.342 e.